The number of nitrogens with zero attached hydrogens (tertiary/aromatic N) is 2. The van der Waals surface area contributed by atoms with Gasteiger partial charge in [-0.15, -0.1) is 0 Å². The third-order valence-electron chi connectivity index (χ3n) is 4.36. The first-order valence-electron chi connectivity index (χ1n) is 7.50. The molecule has 19 heavy (non-hydrogen) atoms. The van der Waals surface area contributed by atoms with Gasteiger partial charge in [0.15, 0.2) is 5.82 Å². The predicted molar refractivity (Wildman–Crippen MR) is 70.6 cm³/mol. The molecule has 5 heteroatoms. The van der Waals surface area contributed by atoms with Crippen molar-refractivity contribution >= 4 is 0 Å². The molecule has 0 radical (unpaired) electrons. The molecule has 5 nitrogen and oxygen atoms in total. The highest BCUT2D eigenvalue weighted by Gasteiger charge is 2.24. The first-order valence-corrected chi connectivity index (χ1v) is 7.50. The van der Waals surface area contributed by atoms with Crippen molar-refractivity contribution in [2.45, 2.75) is 63.5 Å². The molecule has 0 bridgehead atoms. The molecule has 0 aromatic carbocycles. The Morgan fingerprint density at radius 3 is 2.79 bits per heavy atom. The van der Waals surface area contributed by atoms with E-state index in [9.17, 15) is 0 Å². The molecule has 2 unspecified atom stereocenters. The van der Waals surface area contributed by atoms with E-state index in [1.165, 1.54) is 25.7 Å². The summed E-state index contributed by atoms with van der Waals surface area (Å²) in [6, 6.07) is 0.165. The lowest BCUT2D eigenvalue weighted by atomic mass is 9.96. The lowest BCUT2D eigenvalue weighted by Gasteiger charge is -2.16. The van der Waals surface area contributed by atoms with E-state index in [1.54, 1.807) is 0 Å². The van der Waals surface area contributed by atoms with Crippen LogP contribution in [-0.2, 0) is 17.6 Å². The van der Waals surface area contributed by atoms with Gasteiger partial charge < -0.3 is 15.0 Å². The molecular weight excluding hydrogens is 242 g/mol. The Kier molecular flexibility index (Phi) is 4.13. The Hall–Kier alpha value is -0.940. The first-order chi connectivity index (χ1) is 9.31. The Morgan fingerprint density at radius 2 is 2.05 bits per heavy atom. The van der Waals surface area contributed by atoms with E-state index in [4.69, 9.17) is 15.0 Å². The molecule has 1 aromatic rings. The van der Waals surface area contributed by atoms with Crippen LogP contribution in [0.5, 0.6) is 0 Å². The van der Waals surface area contributed by atoms with Gasteiger partial charge in [-0.3, -0.25) is 0 Å². The van der Waals surface area contributed by atoms with Crippen LogP contribution in [0.1, 0.15) is 50.2 Å². The first kappa shape index (κ1) is 13.1. The average Bonchev–Trinajstić information content (AvgIpc) is 3.10. The summed E-state index contributed by atoms with van der Waals surface area (Å²) in [6.07, 6.45) is 9.11. The van der Waals surface area contributed by atoms with E-state index < -0.39 is 0 Å². The fourth-order valence-electron chi connectivity index (χ4n) is 3.22. The van der Waals surface area contributed by atoms with Crippen LogP contribution in [0, 0.1) is 5.92 Å². The minimum Gasteiger partial charge on any atom is -0.378 e. The Bertz CT molecular complexity index is 395. The van der Waals surface area contributed by atoms with Gasteiger partial charge in [-0.1, -0.05) is 18.0 Å². The van der Waals surface area contributed by atoms with Crippen LogP contribution in [0.25, 0.3) is 0 Å². The minimum absolute atomic E-state index is 0.165. The molecular formula is C14H23N3O2. The largest absolute Gasteiger partial charge is 0.378 e. The van der Waals surface area contributed by atoms with Crippen molar-refractivity contribution in [3.63, 3.8) is 0 Å². The standard InChI is InChI=1S/C14H23N3O2/c15-12(10-4-1-2-5-10)9-14-16-13(17-19-14)8-11-6-3-7-18-11/h10-12H,1-9,15H2. The number of aromatic nitrogens is 2. The van der Waals surface area contributed by atoms with Crippen LogP contribution >= 0.6 is 0 Å². The molecule has 3 rings (SSSR count). The van der Waals surface area contributed by atoms with Crippen LogP contribution in [0.3, 0.4) is 0 Å². The second kappa shape index (κ2) is 6.01. The molecule has 1 aliphatic carbocycles. The van der Waals surface area contributed by atoms with E-state index >= 15 is 0 Å². The fourth-order valence-corrected chi connectivity index (χ4v) is 3.22. The van der Waals surface area contributed by atoms with Crippen molar-refractivity contribution in [2.75, 3.05) is 6.61 Å². The summed E-state index contributed by atoms with van der Waals surface area (Å²) < 4.78 is 10.9. The van der Waals surface area contributed by atoms with Crippen LogP contribution in [0.4, 0.5) is 0 Å². The summed E-state index contributed by atoms with van der Waals surface area (Å²) in [5.74, 6) is 2.08. The summed E-state index contributed by atoms with van der Waals surface area (Å²) in [7, 11) is 0. The normalized spacial score (nSPS) is 26.1. The highest BCUT2D eigenvalue weighted by molar-refractivity contribution is 4.93. The minimum atomic E-state index is 0.165. The summed E-state index contributed by atoms with van der Waals surface area (Å²) >= 11 is 0. The van der Waals surface area contributed by atoms with Gasteiger partial charge in [0, 0.05) is 25.5 Å². The number of rotatable bonds is 5. The predicted octanol–water partition coefficient (Wildman–Crippen LogP) is 1.85. The molecule has 1 saturated heterocycles. The summed E-state index contributed by atoms with van der Waals surface area (Å²) in [5, 5.41) is 4.04. The molecule has 2 atom stereocenters. The topological polar surface area (TPSA) is 74.2 Å². The molecule has 2 heterocycles. The van der Waals surface area contributed by atoms with Gasteiger partial charge in [0.05, 0.1) is 6.10 Å². The number of hydrogen-bond acceptors (Lipinski definition) is 5. The molecule has 2 N–H and O–H groups in total. The monoisotopic (exact) mass is 265 g/mol. The third kappa shape index (κ3) is 3.34. The molecule has 1 aromatic heterocycles. The zero-order valence-corrected chi connectivity index (χ0v) is 11.4. The van der Waals surface area contributed by atoms with Gasteiger partial charge in [0.1, 0.15) is 0 Å². The Balaban J connectivity index is 1.52. The summed E-state index contributed by atoms with van der Waals surface area (Å²) in [4.78, 5) is 4.45. The van der Waals surface area contributed by atoms with E-state index in [0.717, 1.165) is 31.7 Å². The van der Waals surface area contributed by atoms with Gasteiger partial charge in [-0.25, -0.2) is 0 Å². The molecule has 2 fully saturated rings. The smallest absolute Gasteiger partial charge is 0.228 e. The van der Waals surface area contributed by atoms with E-state index in [2.05, 4.69) is 10.1 Å². The average molecular weight is 265 g/mol. The molecule has 2 aliphatic rings. The van der Waals surface area contributed by atoms with Gasteiger partial charge in [-0.05, 0) is 31.6 Å². The van der Waals surface area contributed by atoms with Crippen molar-refractivity contribution in [3.05, 3.63) is 11.7 Å². The number of ether oxygens (including phenoxy) is 1. The maximum absolute atomic E-state index is 6.23. The maximum atomic E-state index is 6.23. The van der Waals surface area contributed by atoms with Crippen LogP contribution < -0.4 is 5.73 Å². The molecule has 1 saturated carbocycles. The zero-order valence-electron chi connectivity index (χ0n) is 11.4. The van der Waals surface area contributed by atoms with Crippen molar-refractivity contribution in [3.8, 4) is 0 Å². The lowest BCUT2D eigenvalue weighted by molar-refractivity contribution is 0.109. The fraction of sp³-hybridized carbons (Fsp3) is 0.857. The van der Waals surface area contributed by atoms with Crippen LogP contribution in [0.15, 0.2) is 4.52 Å². The third-order valence-corrected chi connectivity index (χ3v) is 4.36. The van der Waals surface area contributed by atoms with Gasteiger partial charge in [0.25, 0.3) is 0 Å². The van der Waals surface area contributed by atoms with E-state index in [-0.39, 0.29) is 12.1 Å². The van der Waals surface area contributed by atoms with E-state index in [0.29, 0.717) is 18.2 Å². The highest BCUT2D eigenvalue weighted by atomic mass is 16.5. The summed E-state index contributed by atoms with van der Waals surface area (Å²) in [5.41, 5.74) is 6.23. The number of nitrogens with two attached hydrogens (primary N) is 1. The van der Waals surface area contributed by atoms with E-state index in [1.807, 2.05) is 0 Å². The van der Waals surface area contributed by atoms with Crippen LogP contribution in [0.2, 0.25) is 0 Å². The van der Waals surface area contributed by atoms with Crippen molar-refractivity contribution in [2.24, 2.45) is 11.7 Å². The molecule has 1 aliphatic heterocycles. The Labute approximate surface area is 113 Å². The SMILES string of the molecule is NC(Cc1nc(CC2CCCO2)no1)C1CCCC1. The van der Waals surface area contributed by atoms with Crippen LogP contribution in [-0.4, -0.2) is 28.9 Å². The van der Waals surface area contributed by atoms with Crippen molar-refractivity contribution in [1.29, 1.82) is 0 Å². The summed E-state index contributed by atoms with van der Waals surface area (Å²) in [6.45, 7) is 0.863. The number of hydrogen-bond donors (Lipinski definition) is 1. The van der Waals surface area contributed by atoms with Crippen molar-refractivity contribution in [1.82, 2.24) is 10.1 Å². The maximum Gasteiger partial charge on any atom is 0.228 e. The Morgan fingerprint density at radius 1 is 1.21 bits per heavy atom. The quantitative estimate of drug-likeness (QED) is 0.879. The van der Waals surface area contributed by atoms with Gasteiger partial charge >= 0.3 is 0 Å². The lowest BCUT2D eigenvalue weighted by Crippen LogP contribution is -2.30. The van der Waals surface area contributed by atoms with Gasteiger partial charge in [-0.2, -0.15) is 4.98 Å². The second-order valence-electron chi connectivity index (χ2n) is 5.86. The van der Waals surface area contributed by atoms with Crippen molar-refractivity contribution < 1.29 is 9.26 Å². The van der Waals surface area contributed by atoms with Gasteiger partial charge in [0.2, 0.25) is 5.89 Å². The zero-order chi connectivity index (χ0) is 13.1. The molecule has 106 valence electrons. The second-order valence-corrected chi connectivity index (χ2v) is 5.86. The molecule has 0 spiro atoms. The highest BCUT2D eigenvalue weighted by Crippen LogP contribution is 2.28. The molecule has 0 amide bonds.